The molecular formula is C21H25ClN2O3. The third-order valence-electron chi connectivity index (χ3n) is 4.86. The Kier molecular flexibility index (Phi) is 6.45. The van der Waals surface area contributed by atoms with Gasteiger partial charge in [0, 0.05) is 49.4 Å². The summed E-state index contributed by atoms with van der Waals surface area (Å²) in [6.07, 6.45) is 1.15. The first-order valence-electron chi connectivity index (χ1n) is 9.09. The number of halogens is 1. The highest BCUT2D eigenvalue weighted by Gasteiger charge is 2.21. The number of anilines is 1. The van der Waals surface area contributed by atoms with Crippen LogP contribution in [0.3, 0.4) is 0 Å². The summed E-state index contributed by atoms with van der Waals surface area (Å²) in [5.41, 5.74) is 2.19. The Morgan fingerprint density at radius 3 is 2.11 bits per heavy atom. The predicted octanol–water partition coefficient (Wildman–Crippen LogP) is 3.64. The van der Waals surface area contributed by atoms with Gasteiger partial charge < -0.3 is 19.3 Å². The second-order valence-electron chi connectivity index (χ2n) is 6.57. The predicted molar refractivity (Wildman–Crippen MR) is 108 cm³/mol. The van der Waals surface area contributed by atoms with Crippen molar-refractivity contribution < 1.29 is 14.3 Å². The van der Waals surface area contributed by atoms with Crippen LogP contribution in [0.15, 0.2) is 42.5 Å². The Morgan fingerprint density at radius 1 is 0.963 bits per heavy atom. The summed E-state index contributed by atoms with van der Waals surface area (Å²) < 4.78 is 10.6. The van der Waals surface area contributed by atoms with E-state index in [4.69, 9.17) is 21.1 Å². The molecule has 0 spiro atoms. The number of amides is 1. The first kappa shape index (κ1) is 19.4. The largest absolute Gasteiger partial charge is 0.497 e. The molecule has 5 nitrogen and oxygen atoms in total. The van der Waals surface area contributed by atoms with Crippen LogP contribution in [0.1, 0.15) is 12.0 Å². The van der Waals surface area contributed by atoms with Crippen LogP contribution in [-0.2, 0) is 11.2 Å². The molecule has 27 heavy (non-hydrogen) atoms. The summed E-state index contributed by atoms with van der Waals surface area (Å²) in [5.74, 6) is 1.68. The number of aryl methyl sites for hydroxylation is 1. The molecule has 0 aromatic heterocycles. The van der Waals surface area contributed by atoms with Crippen LogP contribution in [0.5, 0.6) is 11.5 Å². The molecule has 1 amide bonds. The molecule has 0 saturated carbocycles. The zero-order chi connectivity index (χ0) is 19.2. The quantitative estimate of drug-likeness (QED) is 0.757. The van der Waals surface area contributed by atoms with Crippen LogP contribution in [0, 0.1) is 0 Å². The fraction of sp³-hybridized carbons (Fsp3) is 0.381. The molecule has 144 valence electrons. The van der Waals surface area contributed by atoms with E-state index in [2.05, 4.69) is 4.90 Å². The van der Waals surface area contributed by atoms with E-state index in [1.54, 1.807) is 14.2 Å². The number of carbonyl (C=O) groups is 1. The SMILES string of the molecule is COc1cc(CCC(=O)N2CCN(c3ccc(Cl)cc3)CC2)cc(OC)c1. The molecule has 0 unspecified atom stereocenters. The van der Waals surface area contributed by atoms with Crippen LogP contribution in [0.2, 0.25) is 5.02 Å². The van der Waals surface area contributed by atoms with E-state index >= 15 is 0 Å². The molecule has 0 radical (unpaired) electrons. The molecule has 6 heteroatoms. The number of rotatable bonds is 6. The highest BCUT2D eigenvalue weighted by atomic mass is 35.5. The summed E-state index contributed by atoms with van der Waals surface area (Å²) in [5, 5.41) is 0.738. The third kappa shape index (κ3) is 5.07. The van der Waals surface area contributed by atoms with Gasteiger partial charge in [0.2, 0.25) is 5.91 Å². The Labute approximate surface area is 165 Å². The van der Waals surface area contributed by atoms with Gasteiger partial charge in [0.1, 0.15) is 11.5 Å². The fourth-order valence-corrected chi connectivity index (χ4v) is 3.41. The number of ether oxygens (including phenoxy) is 2. The Hall–Kier alpha value is -2.40. The number of piperazine rings is 1. The number of methoxy groups -OCH3 is 2. The molecule has 1 aliphatic rings. The minimum atomic E-state index is 0.188. The second kappa shape index (κ2) is 9.00. The van der Waals surface area contributed by atoms with Crippen molar-refractivity contribution in [2.75, 3.05) is 45.3 Å². The lowest BCUT2D eigenvalue weighted by atomic mass is 10.1. The smallest absolute Gasteiger partial charge is 0.223 e. The topological polar surface area (TPSA) is 42.0 Å². The highest BCUT2D eigenvalue weighted by molar-refractivity contribution is 6.30. The Morgan fingerprint density at radius 2 is 1.56 bits per heavy atom. The van der Waals surface area contributed by atoms with Crippen molar-refractivity contribution in [2.45, 2.75) is 12.8 Å². The van der Waals surface area contributed by atoms with Crippen molar-refractivity contribution in [3.05, 3.63) is 53.1 Å². The number of carbonyl (C=O) groups excluding carboxylic acids is 1. The van der Waals surface area contributed by atoms with Crippen LogP contribution in [0.4, 0.5) is 5.69 Å². The minimum absolute atomic E-state index is 0.188. The van der Waals surface area contributed by atoms with E-state index in [1.807, 2.05) is 47.4 Å². The molecule has 0 N–H and O–H groups in total. The monoisotopic (exact) mass is 388 g/mol. The zero-order valence-electron chi connectivity index (χ0n) is 15.8. The maximum absolute atomic E-state index is 12.6. The minimum Gasteiger partial charge on any atom is -0.497 e. The molecular weight excluding hydrogens is 364 g/mol. The van der Waals surface area contributed by atoms with Crippen molar-refractivity contribution in [3.63, 3.8) is 0 Å². The zero-order valence-corrected chi connectivity index (χ0v) is 16.5. The molecule has 2 aromatic rings. The van der Waals surface area contributed by atoms with Gasteiger partial charge in [-0.15, -0.1) is 0 Å². The van der Waals surface area contributed by atoms with Gasteiger partial charge in [-0.05, 0) is 48.4 Å². The molecule has 0 atom stereocenters. The van der Waals surface area contributed by atoms with E-state index in [1.165, 1.54) is 0 Å². The summed E-state index contributed by atoms with van der Waals surface area (Å²) in [6.45, 7) is 3.15. The molecule has 0 aliphatic carbocycles. The van der Waals surface area contributed by atoms with Gasteiger partial charge in [0.25, 0.3) is 0 Å². The molecule has 0 bridgehead atoms. The van der Waals surface area contributed by atoms with Gasteiger partial charge in [-0.3, -0.25) is 4.79 Å². The van der Waals surface area contributed by atoms with E-state index in [0.717, 1.165) is 54.0 Å². The lowest BCUT2D eigenvalue weighted by molar-refractivity contribution is -0.131. The molecule has 1 heterocycles. The summed E-state index contributed by atoms with van der Waals surface area (Å²) in [7, 11) is 3.26. The average molecular weight is 389 g/mol. The highest BCUT2D eigenvalue weighted by Crippen LogP contribution is 2.24. The normalized spacial score (nSPS) is 14.2. The molecule has 1 saturated heterocycles. The average Bonchev–Trinajstić information content (AvgIpc) is 2.72. The number of hydrogen-bond donors (Lipinski definition) is 0. The van der Waals surface area contributed by atoms with Gasteiger partial charge in [0.05, 0.1) is 14.2 Å². The summed E-state index contributed by atoms with van der Waals surface area (Å²) >= 11 is 5.95. The number of benzene rings is 2. The molecule has 1 aliphatic heterocycles. The van der Waals surface area contributed by atoms with Crippen molar-refractivity contribution >= 4 is 23.2 Å². The lowest BCUT2D eigenvalue weighted by Crippen LogP contribution is -2.48. The maximum Gasteiger partial charge on any atom is 0.223 e. The Balaban J connectivity index is 1.52. The van der Waals surface area contributed by atoms with Crippen molar-refractivity contribution in [2.24, 2.45) is 0 Å². The first-order valence-corrected chi connectivity index (χ1v) is 9.47. The van der Waals surface area contributed by atoms with E-state index < -0.39 is 0 Å². The van der Waals surface area contributed by atoms with Crippen molar-refractivity contribution in [1.29, 1.82) is 0 Å². The Bertz CT molecular complexity index is 749. The van der Waals surface area contributed by atoms with E-state index in [9.17, 15) is 4.79 Å². The number of nitrogens with zero attached hydrogens (tertiary/aromatic N) is 2. The van der Waals surface area contributed by atoms with Crippen LogP contribution in [0.25, 0.3) is 0 Å². The van der Waals surface area contributed by atoms with Crippen LogP contribution in [-0.4, -0.2) is 51.2 Å². The van der Waals surface area contributed by atoms with Crippen molar-refractivity contribution in [3.8, 4) is 11.5 Å². The summed E-state index contributed by atoms with van der Waals surface area (Å²) in [6, 6.07) is 13.6. The van der Waals surface area contributed by atoms with Gasteiger partial charge >= 0.3 is 0 Å². The van der Waals surface area contributed by atoms with Crippen LogP contribution < -0.4 is 14.4 Å². The standard InChI is InChI=1S/C21H25ClN2O3/c1-26-19-13-16(14-20(15-19)27-2)3-8-21(25)24-11-9-23(10-12-24)18-6-4-17(22)5-7-18/h4-7,13-15H,3,8-12H2,1-2H3. The third-order valence-corrected chi connectivity index (χ3v) is 5.11. The molecule has 3 rings (SSSR count). The van der Waals surface area contributed by atoms with E-state index in [-0.39, 0.29) is 5.91 Å². The second-order valence-corrected chi connectivity index (χ2v) is 7.00. The van der Waals surface area contributed by atoms with Crippen molar-refractivity contribution in [1.82, 2.24) is 4.90 Å². The maximum atomic E-state index is 12.6. The van der Waals surface area contributed by atoms with Crippen LogP contribution >= 0.6 is 11.6 Å². The van der Waals surface area contributed by atoms with Gasteiger partial charge in [0.15, 0.2) is 0 Å². The molecule has 1 fully saturated rings. The van der Waals surface area contributed by atoms with E-state index in [0.29, 0.717) is 12.8 Å². The van der Waals surface area contributed by atoms with Gasteiger partial charge in [-0.1, -0.05) is 11.6 Å². The number of hydrogen-bond acceptors (Lipinski definition) is 4. The first-order chi connectivity index (χ1) is 13.1. The molecule has 2 aromatic carbocycles. The lowest BCUT2D eigenvalue weighted by Gasteiger charge is -2.36. The van der Waals surface area contributed by atoms with Gasteiger partial charge in [-0.2, -0.15) is 0 Å². The fourth-order valence-electron chi connectivity index (χ4n) is 3.29. The van der Waals surface area contributed by atoms with Gasteiger partial charge in [-0.25, -0.2) is 0 Å². The summed E-state index contributed by atoms with van der Waals surface area (Å²) in [4.78, 5) is 16.8.